The van der Waals surface area contributed by atoms with Crippen LogP contribution in [-0.4, -0.2) is 33.4 Å². The van der Waals surface area contributed by atoms with E-state index >= 15 is 0 Å². The number of amides is 1. The first-order valence-corrected chi connectivity index (χ1v) is 9.66. The van der Waals surface area contributed by atoms with Gasteiger partial charge in [-0.25, -0.2) is 10.4 Å². The number of aryl methyl sites for hydroxylation is 2. The average molecular weight is 389 g/mol. The molecule has 0 fully saturated rings. The molecule has 3 heterocycles. The second-order valence-corrected chi connectivity index (χ2v) is 7.05. The lowest BCUT2D eigenvalue weighted by Crippen LogP contribution is -2.17. The van der Waals surface area contributed by atoms with Crippen molar-refractivity contribution in [2.24, 2.45) is 5.10 Å². The van der Waals surface area contributed by atoms with Crippen molar-refractivity contribution in [1.29, 1.82) is 0 Å². The Bertz CT molecular complexity index is 1110. The molecule has 0 radical (unpaired) electrons. The maximum atomic E-state index is 12.5. The fourth-order valence-corrected chi connectivity index (χ4v) is 3.44. The summed E-state index contributed by atoms with van der Waals surface area (Å²) in [7, 11) is 0. The first kappa shape index (κ1) is 18.9. The van der Waals surface area contributed by atoms with E-state index in [0.717, 1.165) is 52.8 Å². The SMILES string of the molecule is Cc1cccc(NC2=NNC(=O)C2=Cc2c(CCCCO)[nH]c3ncccc23)c1. The Hall–Kier alpha value is -3.45. The van der Waals surface area contributed by atoms with Gasteiger partial charge in [0.2, 0.25) is 0 Å². The summed E-state index contributed by atoms with van der Waals surface area (Å²) in [5.41, 5.74) is 7.71. The highest BCUT2D eigenvalue weighted by atomic mass is 16.2. The van der Waals surface area contributed by atoms with Crippen LogP contribution in [0.4, 0.5) is 5.69 Å². The van der Waals surface area contributed by atoms with Gasteiger partial charge in [0.1, 0.15) is 5.65 Å². The van der Waals surface area contributed by atoms with Gasteiger partial charge in [0.05, 0.1) is 5.57 Å². The standard InChI is InChI=1S/C22H23N5O2/c1-14-6-4-7-15(12-14)24-21-18(22(29)27-26-21)13-17-16-8-5-10-23-20(16)25-19(17)9-2-3-11-28/h4-8,10,12-13,28H,2-3,9,11H2,1H3,(H,23,25)(H,24,26)(H,27,29). The Morgan fingerprint density at radius 1 is 1.21 bits per heavy atom. The predicted molar refractivity (Wildman–Crippen MR) is 114 cm³/mol. The lowest BCUT2D eigenvalue weighted by molar-refractivity contribution is -0.116. The molecule has 1 amide bonds. The van der Waals surface area contributed by atoms with E-state index < -0.39 is 0 Å². The molecule has 29 heavy (non-hydrogen) atoms. The van der Waals surface area contributed by atoms with Crippen LogP contribution in [-0.2, 0) is 11.2 Å². The number of fused-ring (bicyclic) bond motifs is 1. The number of amidine groups is 1. The van der Waals surface area contributed by atoms with Crippen molar-refractivity contribution in [1.82, 2.24) is 15.4 Å². The third-order valence-electron chi connectivity index (χ3n) is 4.87. The molecule has 0 unspecified atom stereocenters. The fraction of sp³-hybridized carbons (Fsp3) is 0.227. The quantitative estimate of drug-likeness (QED) is 0.384. The third kappa shape index (κ3) is 4.05. The van der Waals surface area contributed by atoms with E-state index in [2.05, 4.69) is 25.8 Å². The number of carbonyl (C=O) groups excluding carboxylic acids is 1. The van der Waals surface area contributed by atoms with E-state index in [1.807, 2.05) is 49.4 Å². The zero-order valence-electron chi connectivity index (χ0n) is 16.2. The number of aliphatic hydroxyl groups excluding tert-OH is 1. The number of rotatable bonds is 6. The molecule has 7 nitrogen and oxygen atoms in total. The number of hydrazone groups is 1. The van der Waals surface area contributed by atoms with Gasteiger partial charge in [0, 0.05) is 35.1 Å². The number of benzene rings is 1. The molecule has 4 N–H and O–H groups in total. The van der Waals surface area contributed by atoms with Crippen molar-refractivity contribution in [3.05, 3.63) is 65.0 Å². The molecule has 1 aromatic carbocycles. The van der Waals surface area contributed by atoms with Crippen LogP contribution < -0.4 is 10.7 Å². The van der Waals surface area contributed by atoms with E-state index in [1.165, 1.54) is 0 Å². The van der Waals surface area contributed by atoms with Crippen molar-refractivity contribution < 1.29 is 9.90 Å². The Balaban J connectivity index is 1.71. The largest absolute Gasteiger partial charge is 0.396 e. The summed E-state index contributed by atoms with van der Waals surface area (Å²) < 4.78 is 0. The Labute approximate surface area is 168 Å². The molecule has 0 saturated carbocycles. The van der Waals surface area contributed by atoms with Crippen LogP contribution in [0, 0.1) is 6.92 Å². The predicted octanol–water partition coefficient (Wildman–Crippen LogP) is 3.13. The Kier molecular flexibility index (Phi) is 5.39. The summed E-state index contributed by atoms with van der Waals surface area (Å²) in [6.45, 7) is 2.17. The lowest BCUT2D eigenvalue weighted by atomic mass is 10.0. The topological polar surface area (TPSA) is 102 Å². The molecule has 0 saturated heterocycles. The number of unbranched alkanes of at least 4 members (excludes halogenated alkanes) is 1. The zero-order chi connectivity index (χ0) is 20.2. The smallest absolute Gasteiger partial charge is 0.275 e. The van der Waals surface area contributed by atoms with Crippen LogP contribution in [0.25, 0.3) is 17.1 Å². The van der Waals surface area contributed by atoms with Crippen molar-refractivity contribution in [3.63, 3.8) is 0 Å². The number of carbonyl (C=O) groups is 1. The van der Waals surface area contributed by atoms with Crippen LogP contribution in [0.1, 0.15) is 29.7 Å². The van der Waals surface area contributed by atoms with Gasteiger partial charge in [0.15, 0.2) is 5.84 Å². The highest BCUT2D eigenvalue weighted by molar-refractivity contribution is 6.31. The minimum Gasteiger partial charge on any atom is -0.396 e. The van der Waals surface area contributed by atoms with E-state index in [9.17, 15) is 4.79 Å². The summed E-state index contributed by atoms with van der Waals surface area (Å²) in [6.07, 6.45) is 5.92. The molecule has 7 heteroatoms. The van der Waals surface area contributed by atoms with E-state index in [1.54, 1.807) is 6.20 Å². The average Bonchev–Trinajstić information content (AvgIpc) is 3.24. The van der Waals surface area contributed by atoms with Crippen LogP contribution >= 0.6 is 0 Å². The minimum atomic E-state index is -0.250. The Morgan fingerprint density at radius 2 is 2.10 bits per heavy atom. The van der Waals surface area contributed by atoms with Crippen LogP contribution in [0.3, 0.4) is 0 Å². The number of pyridine rings is 1. The van der Waals surface area contributed by atoms with Gasteiger partial charge in [-0.05, 0) is 62.1 Å². The Morgan fingerprint density at radius 3 is 2.93 bits per heavy atom. The highest BCUT2D eigenvalue weighted by Gasteiger charge is 2.24. The van der Waals surface area contributed by atoms with Crippen molar-refractivity contribution in [2.75, 3.05) is 11.9 Å². The van der Waals surface area contributed by atoms with Crippen molar-refractivity contribution in [3.8, 4) is 0 Å². The van der Waals surface area contributed by atoms with Crippen molar-refractivity contribution in [2.45, 2.75) is 26.2 Å². The van der Waals surface area contributed by atoms with Crippen LogP contribution in [0.5, 0.6) is 0 Å². The molecule has 0 aliphatic carbocycles. The summed E-state index contributed by atoms with van der Waals surface area (Å²) in [4.78, 5) is 20.2. The van der Waals surface area contributed by atoms with E-state index in [-0.39, 0.29) is 12.5 Å². The van der Waals surface area contributed by atoms with Gasteiger partial charge < -0.3 is 15.4 Å². The first-order valence-electron chi connectivity index (χ1n) is 9.66. The monoisotopic (exact) mass is 389 g/mol. The van der Waals surface area contributed by atoms with Crippen LogP contribution in [0.15, 0.2) is 53.3 Å². The molecule has 3 aromatic rings. The number of nitrogens with zero attached hydrogens (tertiary/aromatic N) is 2. The van der Waals surface area contributed by atoms with Gasteiger partial charge in [0.25, 0.3) is 5.91 Å². The van der Waals surface area contributed by atoms with E-state index in [4.69, 9.17) is 5.11 Å². The molecular weight excluding hydrogens is 366 g/mol. The second kappa shape index (κ2) is 8.28. The zero-order valence-corrected chi connectivity index (χ0v) is 16.2. The minimum absolute atomic E-state index is 0.161. The lowest BCUT2D eigenvalue weighted by Gasteiger charge is -2.07. The third-order valence-corrected chi connectivity index (χ3v) is 4.87. The summed E-state index contributed by atoms with van der Waals surface area (Å²) in [6, 6.07) is 11.8. The number of aromatic nitrogens is 2. The first-order chi connectivity index (χ1) is 14.2. The molecule has 2 aromatic heterocycles. The maximum absolute atomic E-state index is 12.5. The molecule has 0 spiro atoms. The van der Waals surface area contributed by atoms with Crippen molar-refractivity contribution >= 4 is 34.5 Å². The van der Waals surface area contributed by atoms with Gasteiger partial charge in [-0.2, -0.15) is 5.10 Å². The van der Waals surface area contributed by atoms with Gasteiger partial charge >= 0.3 is 0 Å². The maximum Gasteiger partial charge on any atom is 0.275 e. The molecule has 4 rings (SSSR count). The molecule has 1 aliphatic rings. The number of aliphatic hydroxyl groups is 1. The van der Waals surface area contributed by atoms with Crippen LogP contribution in [0.2, 0.25) is 0 Å². The van der Waals surface area contributed by atoms with E-state index in [0.29, 0.717) is 11.4 Å². The molecule has 0 atom stereocenters. The fourth-order valence-electron chi connectivity index (χ4n) is 3.44. The normalized spacial score (nSPS) is 15.0. The van der Waals surface area contributed by atoms with Gasteiger partial charge in [-0.3, -0.25) is 4.79 Å². The number of nitrogens with one attached hydrogen (secondary N) is 3. The molecule has 1 aliphatic heterocycles. The molecule has 0 bridgehead atoms. The van der Waals surface area contributed by atoms with Gasteiger partial charge in [-0.15, -0.1) is 0 Å². The second-order valence-electron chi connectivity index (χ2n) is 7.05. The molecular formula is C22H23N5O2. The summed E-state index contributed by atoms with van der Waals surface area (Å²) >= 11 is 0. The number of hydrogen-bond acceptors (Lipinski definition) is 5. The number of H-pyrrole nitrogens is 1. The number of anilines is 1. The molecule has 148 valence electrons. The number of hydrogen-bond donors (Lipinski definition) is 4. The summed E-state index contributed by atoms with van der Waals surface area (Å²) in [5, 5.41) is 17.5. The van der Waals surface area contributed by atoms with Gasteiger partial charge in [-0.1, -0.05) is 12.1 Å². The highest BCUT2D eigenvalue weighted by Crippen LogP contribution is 2.26. The number of aromatic amines is 1. The summed E-state index contributed by atoms with van der Waals surface area (Å²) in [5.74, 6) is 0.236.